The van der Waals surface area contributed by atoms with Crippen LogP contribution in [0.15, 0.2) is 29.6 Å². The first-order valence-corrected chi connectivity index (χ1v) is 6.61. The highest BCUT2D eigenvalue weighted by Gasteiger charge is 2.05. The van der Waals surface area contributed by atoms with Crippen LogP contribution in [0.4, 0.5) is 4.39 Å². The van der Waals surface area contributed by atoms with Gasteiger partial charge in [-0.1, -0.05) is 23.7 Å². The van der Waals surface area contributed by atoms with Gasteiger partial charge in [0.25, 0.3) is 0 Å². The molecule has 90 valence electrons. The maximum absolute atomic E-state index is 13.2. The highest BCUT2D eigenvalue weighted by molar-refractivity contribution is 7.10. The summed E-state index contributed by atoms with van der Waals surface area (Å²) in [4.78, 5) is 1.30. The summed E-state index contributed by atoms with van der Waals surface area (Å²) in [6.07, 6.45) is 0. The van der Waals surface area contributed by atoms with Crippen LogP contribution in [0.25, 0.3) is 0 Å². The molecule has 0 aliphatic carbocycles. The normalized spacial score (nSPS) is 10.8. The van der Waals surface area contributed by atoms with E-state index in [4.69, 9.17) is 11.6 Å². The number of aryl methyl sites for hydroxylation is 1. The number of halogens is 2. The van der Waals surface area contributed by atoms with Gasteiger partial charge in [-0.3, -0.25) is 0 Å². The Bertz CT molecular complexity index is 510. The van der Waals surface area contributed by atoms with Gasteiger partial charge < -0.3 is 5.32 Å². The minimum atomic E-state index is -0.363. The first-order valence-electron chi connectivity index (χ1n) is 5.35. The minimum Gasteiger partial charge on any atom is -0.308 e. The van der Waals surface area contributed by atoms with E-state index in [-0.39, 0.29) is 10.8 Å². The largest absolute Gasteiger partial charge is 0.308 e. The zero-order valence-electron chi connectivity index (χ0n) is 9.47. The standard InChI is InChI=1S/C13H13ClFNS/c1-9-5-6-17-12(9)8-16-7-10-3-2-4-11(15)13(10)14/h2-6,16H,7-8H2,1H3. The molecule has 0 spiro atoms. The van der Waals surface area contributed by atoms with Crippen molar-refractivity contribution in [1.82, 2.24) is 5.32 Å². The molecule has 0 aliphatic rings. The fourth-order valence-corrected chi connectivity index (χ4v) is 2.65. The summed E-state index contributed by atoms with van der Waals surface area (Å²) in [7, 11) is 0. The molecule has 1 heterocycles. The molecule has 1 aromatic heterocycles. The van der Waals surface area contributed by atoms with Gasteiger partial charge in [0, 0.05) is 18.0 Å². The lowest BCUT2D eigenvalue weighted by Crippen LogP contribution is -2.12. The van der Waals surface area contributed by atoms with E-state index in [2.05, 4.69) is 23.7 Å². The van der Waals surface area contributed by atoms with Crippen LogP contribution < -0.4 is 5.32 Å². The van der Waals surface area contributed by atoms with Gasteiger partial charge in [-0.25, -0.2) is 4.39 Å². The van der Waals surface area contributed by atoms with E-state index in [1.165, 1.54) is 16.5 Å². The van der Waals surface area contributed by atoms with Gasteiger partial charge in [-0.2, -0.15) is 0 Å². The van der Waals surface area contributed by atoms with Gasteiger partial charge in [0.05, 0.1) is 5.02 Å². The highest BCUT2D eigenvalue weighted by atomic mass is 35.5. The second-order valence-electron chi connectivity index (χ2n) is 3.84. The van der Waals surface area contributed by atoms with Crippen LogP contribution in [0.1, 0.15) is 16.0 Å². The number of hydrogen-bond donors (Lipinski definition) is 1. The van der Waals surface area contributed by atoms with Crippen molar-refractivity contribution >= 4 is 22.9 Å². The summed E-state index contributed by atoms with van der Waals surface area (Å²) in [5.74, 6) is -0.363. The monoisotopic (exact) mass is 269 g/mol. The Balaban J connectivity index is 1.95. The summed E-state index contributed by atoms with van der Waals surface area (Å²) >= 11 is 7.60. The van der Waals surface area contributed by atoms with Gasteiger partial charge in [-0.05, 0) is 35.6 Å². The molecule has 0 unspecified atom stereocenters. The molecule has 1 N–H and O–H groups in total. The second-order valence-corrected chi connectivity index (χ2v) is 5.22. The van der Waals surface area contributed by atoms with Crippen molar-refractivity contribution in [1.29, 1.82) is 0 Å². The smallest absolute Gasteiger partial charge is 0.142 e. The second kappa shape index (κ2) is 5.63. The average Bonchev–Trinajstić information content (AvgIpc) is 2.71. The predicted octanol–water partition coefficient (Wildman–Crippen LogP) is 4.14. The fraction of sp³-hybridized carbons (Fsp3) is 0.231. The van der Waals surface area contributed by atoms with Crippen LogP contribution in [-0.2, 0) is 13.1 Å². The Morgan fingerprint density at radius 2 is 2.12 bits per heavy atom. The molecular weight excluding hydrogens is 257 g/mol. The van der Waals surface area contributed by atoms with E-state index in [0.29, 0.717) is 6.54 Å². The van der Waals surface area contributed by atoms with Crippen molar-refractivity contribution in [2.24, 2.45) is 0 Å². The molecule has 2 aromatic rings. The SMILES string of the molecule is Cc1ccsc1CNCc1cccc(F)c1Cl. The van der Waals surface area contributed by atoms with Crippen LogP contribution in [0.3, 0.4) is 0 Å². The van der Waals surface area contributed by atoms with Gasteiger partial charge in [0.1, 0.15) is 5.82 Å². The maximum atomic E-state index is 13.2. The molecule has 1 nitrogen and oxygen atoms in total. The van der Waals surface area contributed by atoms with Crippen LogP contribution >= 0.6 is 22.9 Å². The van der Waals surface area contributed by atoms with E-state index in [1.807, 2.05) is 6.07 Å². The third-order valence-electron chi connectivity index (χ3n) is 2.60. The van der Waals surface area contributed by atoms with Gasteiger partial charge in [-0.15, -0.1) is 11.3 Å². The first kappa shape index (κ1) is 12.6. The van der Waals surface area contributed by atoms with Crippen LogP contribution in [0.5, 0.6) is 0 Å². The third kappa shape index (κ3) is 3.06. The molecule has 0 radical (unpaired) electrons. The molecule has 0 saturated carbocycles. The van der Waals surface area contributed by atoms with Crippen molar-refractivity contribution in [3.63, 3.8) is 0 Å². The van der Waals surface area contributed by atoms with E-state index in [9.17, 15) is 4.39 Å². The molecular formula is C13H13ClFNS. The Hall–Kier alpha value is -0.900. The Morgan fingerprint density at radius 1 is 1.29 bits per heavy atom. The number of thiophene rings is 1. The van der Waals surface area contributed by atoms with Crippen LogP contribution in [-0.4, -0.2) is 0 Å². The molecule has 1 aromatic carbocycles. The topological polar surface area (TPSA) is 12.0 Å². The molecule has 4 heteroatoms. The summed E-state index contributed by atoms with van der Waals surface area (Å²) in [6.45, 7) is 3.45. The minimum absolute atomic E-state index is 0.211. The van der Waals surface area contributed by atoms with Crippen molar-refractivity contribution in [2.45, 2.75) is 20.0 Å². The van der Waals surface area contributed by atoms with Crippen molar-refractivity contribution < 1.29 is 4.39 Å². The Morgan fingerprint density at radius 3 is 2.82 bits per heavy atom. The van der Waals surface area contributed by atoms with Crippen LogP contribution in [0, 0.1) is 12.7 Å². The zero-order chi connectivity index (χ0) is 12.3. The van der Waals surface area contributed by atoms with E-state index >= 15 is 0 Å². The lowest BCUT2D eigenvalue weighted by atomic mass is 10.2. The summed E-state index contributed by atoms with van der Waals surface area (Å²) in [5, 5.41) is 5.55. The maximum Gasteiger partial charge on any atom is 0.142 e. The van der Waals surface area contributed by atoms with Crippen molar-refractivity contribution in [2.75, 3.05) is 0 Å². The molecule has 0 aliphatic heterocycles. The molecule has 0 fully saturated rings. The van der Waals surface area contributed by atoms with E-state index < -0.39 is 0 Å². The molecule has 0 amide bonds. The van der Waals surface area contributed by atoms with Gasteiger partial charge in [0.2, 0.25) is 0 Å². The lowest BCUT2D eigenvalue weighted by molar-refractivity contribution is 0.621. The fourth-order valence-electron chi connectivity index (χ4n) is 1.58. The number of rotatable bonds is 4. The summed E-state index contributed by atoms with van der Waals surface area (Å²) in [5.41, 5.74) is 2.08. The molecule has 2 rings (SSSR count). The van der Waals surface area contributed by atoms with Gasteiger partial charge in [0.15, 0.2) is 0 Å². The highest BCUT2D eigenvalue weighted by Crippen LogP contribution is 2.20. The average molecular weight is 270 g/mol. The Kier molecular flexibility index (Phi) is 4.15. The number of hydrogen-bond acceptors (Lipinski definition) is 2. The van der Waals surface area contributed by atoms with Gasteiger partial charge >= 0.3 is 0 Å². The van der Waals surface area contributed by atoms with Crippen molar-refractivity contribution in [3.05, 3.63) is 56.5 Å². The zero-order valence-corrected chi connectivity index (χ0v) is 11.0. The molecule has 17 heavy (non-hydrogen) atoms. The lowest BCUT2D eigenvalue weighted by Gasteiger charge is -2.06. The Labute approximate surface area is 109 Å². The summed E-state index contributed by atoms with van der Waals surface area (Å²) < 4.78 is 13.2. The quantitative estimate of drug-likeness (QED) is 0.880. The predicted molar refractivity (Wildman–Crippen MR) is 71.0 cm³/mol. The number of nitrogens with one attached hydrogen (secondary N) is 1. The van der Waals surface area contributed by atoms with Crippen LogP contribution in [0.2, 0.25) is 5.02 Å². The molecule has 0 bridgehead atoms. The molecule has 0 atom stereocenters. The summed E-state index contributed by atoms with van der Waals surface area (Å²) in [6, 6.07) is 6.97. The molecule has 0 saturated heterocycles. The number of benzene rings is 1. The van der Waals surface area contributed by atoms with Crippen molar-refractivity contribution in [3.8, 4) is 0 Å². The third-order valence-corrected chi connectivity index (χ3v) is 4.05. The van der Waals surface area contributed by atoms with E-state index in [1.54, 1.807) is 17.4 Å². The van der Waals surface area contributed by atoms with E-state index in [0.717, 1.165) is 12.1 Å². The first-order chi connectivity index (χ1) is 8.18.